The van der Waals surface area contributed by atoms with Crippen molar-refractivity contribution in [2.24, 2.45) is 0 Å². The van der Waals surface area contributed by atoms with Crippen LogP contribution in [0, 0.1) is 0 Å². The Morgan fingerprint density at radius 2 is 2.42 bits per heavy atom. The van der Waals surface area contributed by atoms with E-state index >= 15 is 0 Å². The SMILES string of the molecule is OC1(CCn2cnnn2)CNC1. The molecule has 1 aromatic heterocycles. The first-order valence-electron chi connectivity index (χ1n) is 3.92. The van der Waals surface area contributed by atoms with Crippen LogP contribution in [0.5, 0.6) is 0 Å². The van der Waals surface area contributed by atoms with Gasteiger partial charge in [-0.3, -0.25) is 0 Å². The van der Waals surface area contributed by atoms with Gasteiger partial charge in [-0.1, -0.05) is 0 Å². The summed E-state index contributed by atoms with van der Waals surface area (Å²) in [7, 11) is 0. The summed E-state index contributed by atoms with van der Waals surface area (Å²) < 4.78 is 1.62. The molecule has 1 saturated heterocycles. The molecule has 1 aliphatic rings. The Hall–Kier alpha value is -1.01. The molecular formula is C6H11N5O. The minimum Gasteiger partial charge on any atom is -0.387 e. The van der Waals surface area contributed by atoms with Crippen molar-refractivity contribution in [1.29, 1.82) is 0 Å². The van der Waals surface area contributed by atoms with Crippen molar-refractivity contribution in [1.82, 2.24) is 25.5 Å². The van der Waals surface area contributed by atoms with Gasteiger partial charge in [-0.05, 0) is 16.8 Å². The van der Waals surface area contributed by atoms with Gasteiger partial charge in [-0.2, -0.15) is 0 Å². The maximum absolute atomic E-state index is 9.66. The van der Waals surface area contributed by atoms with Gasteiger partial charge in [-0.25, -0.2) is 4.68 Å². The lowest BCUT2D eigenvalue weighted by Gasteiger charge is -2.37. The van der Waals surface area contributed by atoms with Crippen LogP contribution in [-0.4, -0.2) is 44.0 Å². The number of hydrogen-bond donors (Lipinski definition) is 2. The van der Waals surface area contributed by atoms with Crippen LogP contribution in [0.3, 0.4) is 0 Å². The van der Waals surface area contributed by atoms with Crippen molar-refractivity contribution in [2.75, 3.05) is 13.1 Å². The third-order valence-electron chi connectivity index (χ3n) is 2.11. The number of hydrogen-bond acceptors (Lipinski definition) is 5. The predicted molar refractivity (Wildman–Crippen MR) is 40.3 cm³/mol. The van der Waals surface area contributed by atoms with E-state index in [9.17, 15) is 5.11 Å². The molecule has 1 aromatic rings. The predicted octanol–water partition coefficient (Wildman–Crippen LogP) is -1.60. The van der Waals surface area contributed by atoms with Gasteiger partial charge in [0.05, 0.1) is 5.60 Å². The van der Waals surface area contributed by atoms with E-state index in [1.54, 1.807) is 11.0 Å². The third kappa shape index (κ3) is 1.44. The number of rotatable bonds is 3. The summed E-state index contributed by atoms with van der Waals surface area (Å²) in [5.74, 6) is 0. The summed E-state index contributed by atoms with van der Waals surface area (Å²) >= 11 is 0. The lowest BCUT2D eigenvalue weighted by Crippen LogP contribution is -2.59. The molecule has 0 bridgehead atoms. The molecule has 0 unspecified atom stereocenters. The summed E-state index contributed by atoms with van der Waals surface area (Å²) in [5, 5.41) is 23.4. The van der Waals surface area contributed by atoms with E-state index < -0.39 is 5.60 Å². The Kier molecular flexibility index (Phi) is 1.78. The lowest BCUT2D eigenvalue weighted by molar-refractivity contribution is -0.0212. The Balaban J connectivity index is 1.82. The molecule has 0 saturated carbocycles. The Bertz CT molecular complexity index is 242. The van der Waals surface area contributed by atoms with Gasteiger partial charge in [0.2, 0.25) is 0 Å². The number of β-amino-alcohol motifs (C(OH)–C–C–N with tert-alkyl or cyclic N) is 1. The van der Waals surface area contributed by atoms with Crippen molar-refractivity contribution in [3.05, 3.63) is 6.33 Å². The minimum atomic E-state index is -0.536. The van der Waals surface area contributed by atoms with E-state index in [-0.39, 0.29) is 0 Å². The zero-order chi connectivity index (χ0) is 8.44. The van der Waals surface area contributed by atoms with Crippen LogP contribution in [0.1, 0.15) is 6.42 Å². The van der Waals surface area contributed by atoms with E-state index in [0.717, 1.165) is 0 Å². The molecule has 0 radical (unpaired) electrons. The minimum absolute atomic E-state index is 0.536. The van der Waals surface area contributed by atoms with Crippen LogP contribution in [0.4, 0.5) is 0 Å². The molecular weight excluding hydrogens is 158 g/mol. The highest BCUT2D eigenvalue weighted by Crippen LogP contribution is 2.15. The molecule has 2 rings (SSSR count). The van der Waals surface area contributed by atoms with E-state index in [4.69, 9.17) is 0 Å². The van der Waals surface area contributed by atoms with Crippen molar-refractivity contribution >= 4 is 0 Å². The Morgan fingerprint density at radius 1 is 1.58 bits per heavy atom. The van der Waals surface area contributed by atoms with Gasteiger partial charge < -0.3 is 10.4 Å². The van der Waals surface area contributed by atoms with Gasteiger partial charge >= 0.3 is 0 Å². The molecule has 12 heavy (non-hydrogen) atoms. The first-order valence-corrected chi connectivity index (χ1v) is 3.92. The second-order valence-electron chi connectivity index (χ2n) is 3.15. The zero-order valence-corrected chi connectivity index (χ0v) is 6.64. The number of tetrazole rings is 1. The van der Waals surface area contributed by atoms with Crippen LogP contribution in [0.2, 0.25) is 0 Å². The standard InChI is InChI=1S/C6H11N5O/c12-6(3-7-4-6)1-2-11-5-8-9-10-11/h5,7,12H,1-4H2. The average molecular weight is 169 g/mol. The summed E-state index contributed by atoms with van der Waals surface area (Å²) in [5.41, 5.74) is -0.536. The summed E-state index contributed by atoms with van der Waals surface area (Å²) in [6.07, 6.45) is 2.25. The summed E-state index contributed by atoms with van der Waals surface area (Å²) in [4.78, 5) is 0. The molecule has 2 heterocycles. The smallest absolute Gasteiger partial charge is 0.138 e. The van der Waals surface area contributed by atoms with Gasteiger partial charge in [-0.15, -0.1) is 5.10 Å². The number of aromatic nitrogens is 4. The molecule has 1 fully saturated rings. The monoisotopic (exact) mass is 169 g/mol. The fourth-order valence-corrected chi connectivity index (χ4v) is 1.20. The van der Waals surface area contributed by atoms with Crippen LogP contribution in [0.25, 0.3) is 0 Å². The fourth-order valence-electron chi connectivity index (χ4n) is 1.20. The Labute approximate surface area is 69.6 Å². The largest absolute Gasteiger partial charge is 0.387 e. The van der Waals surface area contributed by atoms with E-state index in [1.807, 2.05) is 0 Å². The van der Waals surface area contributed by atoms with E-state index in [2.05, 4.69) is 20.8 Å². The topological polar surface area (TPSA) is 75.9 Å². The molecule has 1 aliphatic heterocycles. The normalized spacial score (nSPS) is 20.4. The maximum Gasteiger partial charge on any atom is 0.138 e. The van der Waals surface area contributed by atoms with Gasteiger partial charge in [0.1, 0.15) is 6.33 Å². The molecule has 0 aromatic carbocycles. The third-order valence-corrected chi connectivity index (χ3v) is 2.11. The van der Waals surface area contributed by atoms with Gasteiger partial charge in [0.15, 0.2) is 0 Å². The molecule has 0 atom stereocenters. The van der Waals surface area contributed by atoms with Crippen molar-refractivity contribution in [3.63, 3.8) is 0 Å². The highest BCUT2D eigenvalue weighted by Gasteiger charge is 2.33. The first-order chi connectivity index (χ1) is 5.79. The number of nitrogens with one attached hydrogen (secondary N) is 1. The molecule has 6 heteroatoms. The quantitative estimate of drug-likeness (QED) is 0.569. The van der Waals surface area contributed by atoms with E-state index in [0.29, 0.717) is 26.1 Å². The van der Waals surface area contributed by atoms with Crippen LogP contribution in [-0.2, 0) is 6.54 Å². The first kappa shape index (κ1) is 7.63. The lowest BCUT2D eigenvalue weighted by atomic mass is 9.93. The van der Waals surface area contributed by atoms with Crippen LogP contribution >= 0.6 is 0 Å². The summed E-state index contributed by atoms with van der Waals surface area (Å²) in [6, 6.07) is 0. The molecule has 0 spiro atoms. The zero-order valence-electron chi connectivity index (χ0n) is 6.64. The van der Waals surface area contributed by atoms with Gasteiger partial charge in [0, 0.05) is 19.6 Å². The van der Waals surface area contributed by atoms with Crippen molar-refractivity contribution in [3.8, 4) is 0 Å². The highest BCUT2D eigenvalue weighted by atomic mass is 16.3. The Morgan fingerprint density at radius 3 is 2.92 bits per heavy atom. The fraction of sp³-hybridized carbons (Fsp3) is 0.833. The van der Waals surface area contributed by atoms with E-state index in [1.165, 1.54) is 0 Å². The summed E-state index contributed by atoms with van der Waals surface area (Å²) in [6.45, 7) is 2.02. The molecule has 0 aliphatic carbocycles. The molecule has 6 nitrogen and oxygen atoms in total. The maximum atomic E-state index is 9.66. The van der Waals surface area contributed by atoms with Crippen LogP contribution in [0.15, 0.2) is 6.33 Å². The second kappa shape index (κ2) is 2.80. The number of aryl methyl sites for hydroxylation is 1. The number of aliphatic hydroxyl groups is 1. The molecule has 66 valence electrons. The average Bonchev–Trinajstić information content (AvgIpc) is 2.49. The number of nitrogens with zero attached hydrogens (tertiary/aromatic N) is 4. The van der Waals surface area contributed by atoms with Gasteiger partial charge in [0.25, 0.3) is 0 Å². The molecule has 0 amide bonds. The van der Waals surface area contributed by atoms with Crippen LogP contribution < -0.4 is 5.32 Å². The van der Waals surface area contributed by atoms with Crippen molar-refractivity contribution < 1.29 is 5.11 Å². The highest BCUT2D eigenvalue weighted by molar-refractivity contribution is 4.91. The van der Waals surface area contributed by atoms with Crippen molar-refractivity contribution in [2.45, 2.75) is 18.6 Å². The molecule has 2 N–H and O–H groups in total. The second-order valence-corrected chi connectivity index (χ2v) is 3.15.